The lowest BCUT2D eigenvalue weighted by atomic mass is 9.85. The van der Waals surface area contributed by atoms with E-state index in [0.717, 1.165) is 22.2 Å². The Labute approximate surface area is 315 Å². The van der Waals surface area contributed by atoms with Crippen LogP contribution >= 0.6 is 11.6 Å². The number of fused-ring (bicyclic) bond motifs is 3. The number of hydrogen-bond acceptors (Lipinski definition) is 9. The van der Waals surface area contributed by atoms with Crippen molar-refractivity contribution in [3.63, 3.8) is 0 Å². The average molecular weight is 779 g/mol. The first-order valence-electron chi connectivity index (χ1n) is 17.1. The van der Waals surface area contributed by atoms with Crippen molar-refractivity contribution in [1.82, 2.24) is 34.4 Å². The molecule has 0 radical (unpaired) electrons. The molecule has 55 heavy (non-hydrogen) atoms. The van der Waals surface area contributed by atoms with Crippen LogP contribution in [0.15, 0.2) is 65.6 Å². The van der Waals surface area contributed by atoms with Gasteiger partial charge in [0.25, 0.3) is 11.5 Å². The van der Waals surface area contributed by atoms with Gasteiger partial charge in [-0.3, -0.25) is 19.2 Å². The molecule has 0 aliphatic carbocycles. The number of pyridine rings is 1. The summed E-state index contributed by atoms with van der Waals surface area (Å²) in [5, 5.41) is 19.9. The van der Waals surface area contributed by atoms with Gasteiger partial charge < -0.3 is 29.9 Å². The van der Waals surface area contributed by atoms with Gasteiger partial charge >= 0.3 is 6.18 Å². The monoisotopic (exact) mass is 778 g/mol. The highest BCUT2D eigenvalue weighted by atomic mass is 35.5. The number of carbonyl (C=O) groups is 3. The summed E-state index contributed by atoms with van der Waals surface area (Å²) in [5.41, 5.74) is -1.60. The lowest BCUT2D eigenvalue weighted by molar-refractivity contribution is -0.137. The van der Waals surface area contributed by atoms with Gasteiger partial charge in [-0.15, -0.1) is 5.10 Å². The van der Waals surface area contributed by atoms with E-state index in [1.807, 2.05) is 13.8 Å². The Morgan fingerprint density at radius 1 is 1.04 bits per heavy atom. The van der Waals surface area contributed by atoms with Crippen molar-refractivity contribution in [2.45, 2.75) is 64.1 Å². The maximum atomic E-state index is 14.4. The third-order valence-corrected chi connectivity index (χ3v) is 10.2. The number of carbonyl (C=O) groups excluding carboxylic acids is 3. The molecule has 1 saturated heterocycles. The molecule has 0 atom stereocenters. The van der Waals surface area contributed by atoms with Crippen molar-refractivity contribution in [3.05, 3.63) is 104 Å². The van der Waals surface area contributed by atoms with E-state index in [4.69, 9.17) is 16.3 Å². The van der Waals surface area contributed by atoms with E-state index in [-0.39, 0.29) is 77.8 Å². The molecular weight excluding hydrogens is 745 g/mol. The Balaban J connectivity index is 1.26. The summed E-state index contributed by atoms with van der Waals surface area (Å²) < 4.78 is 48.7. The van der Waals surface area contributed by atoms with Gasteiger partial charge in [0.05, 0.1) is 39.7 Å². The van der Waals surface area contributed by atoms with Crippen molar-refractivity contribution in [2.75, 3.05) is 18.4 Å². The summed E-state index contributed by atoms with van der Waals surface area (Å²) in [5.74, 6) is -1.45. The van der Waals surface area contributed by atoms with Crippen molar-refractivity contribution >= 4 is 40.8 Å². The topological polar surface area (TPSA) is 173 Å². The van der Waals surface area contributed by atoms with Gasteiger partial charge in [-0.05, 0) is 62.6 Å². The van der Waals surface area contributed by atoms with E-state index in [2.05, 4.69) is 25.7 Å². The van der Waals surface area contributed by atoms with E-state index in [9.17, 15) is 37.5 Å². The van der Waals surface area contributed by atoms with Gasteiger partial charge in [-0.1, -0.05) is 35.9 Å². The number of anilines is 1. The minimum absolute atomic E-state index is 0.00830. The van der Waals surface area contributed by atoms with Gasteiger partial charge in [0.1, 0.15) is 17.9 Å². The predicted molar refractivity (Wildman–Crippen MR) is 192 cm³/mol. The van der Waals surface area contributed by atoms with Crippen LogP contribution in [0, 0.1) is 0 Å². The van der Waals surface area contributed by atoms with E-state index in [1.165, 1.54) is 34.7 Å². The number of halogens is 4. The molecular formula is C37H34ClF3N8O6. The van der Waals surface area contributed by atoms with E-state index in [1.54, 1.807) is 24.3 Å². The minimum atomic E-state index is -4.64. The van der Waals surface area contributed by atoms with Crippen LogP contribution in [0.3, 0.4) is 0 Å². The number of amides is 3. The number of likely N-dealkylation sites (tertiary alicyclic amines) is 1. The quantitative estimate of drug-likeness (QED) is 0.206. The molecule has 14 nitrogen and oxygen atoms in total. The van der Waals surface area contributed by atoms with Crippen molar-refractivity contribution in [1.29, 1.82) is 0 Å². The zero-order chi connectivity index (χ0) is 39.4. The van der Waals surface area contributed by atoms with E-state index < -0.39 is 46.8 Å². The van der Waals surface area contributed by atoms with Gasteiger partial charge in [0.2, 0.25) is 17.6 Å². The fourth-order valence-electron chi connectivity index (χ4n) is 7.13. The Morgan fingerprint density at radius 2 is 1.73 bits per heavy atom. The summed E-state index contributed by atoms with van der Waals surface area (Å²) in [4.78, 5) is 63.2. The Bertz CT molecular complexity index is 2420. The third kappa shape index (κ3) is 7.00. The molecule has 0 saturated carbocycles. The van der Waals surface area contributed by atoms with Crippen LogP contribution in [-0.2, 0) is 44.8 Å². The van der Waals surface area contributed by atoms with Gasteiger partial charge in [-0.2, -0.15) is 22.7 Å². The Morgan fingerprint density at radius 3 is 2.36 bits per heavy atom. The maximum Gasteiger partial charge on any atom is 0.416 e. The molecule has 0 unspecified atom stereocenters. The molecule has 5 heterocycles. The molecule has 1 fully saturated rings. The zero-order valence-electron chi connectivity index (χ0n) is 29.7. The first-order chi connectivity index (χ1) is 26.0. The van der Waals surface area contributed by atoms with Crippen LogP contribution in [0.1, 0.15) is 66.5 Å². The fraction of sp³-hybridized carbons (Fsp3) is 0.324. The molecule has 0 bridgehead atoms. The summed E-state index contributed by atoms with van der Waals surface area (Å²) >= 11 is 6.13. The molecule has 5 aromatic rings. The summed E-state index contributed by atoms with van der Waals surface area (Å²) in [6, 6.07) is 12.5. The van der Waals surface area contributed by atoms with Crippen molar-refractivity contribution in [3.8, 4) is 17.1 Å². The number of piperidine rings is 1. The Kier molecular flexibility index (Phi) is 9.41. The second-order valence-electron chi connectivity index (χ2n) is 13.9. The molecule has 18 heteroatoms. The average Bonchev–Trinajstić information content (AvgIpc) is 3.74. The molecule has 7 rings (SSSR count). The van der Waals surface area contributed by atoms with Crippen LogP contribution in [0.2, 0.25) is 5.02 Å². The van der Waals surface area contributed by atoms with E-state index >= 15 is 0 Å². The number of hydrogen-bond donors (Lipinski definition) is 3. The van der Waals surface area contributed by atoms with E-state index in [0.29, 0.717) is 17.3 Å². The molecule has 2 aliphatic heterocycles. The summed E-state index contributed by atoms with van der Waals surface area (Å²) in [6.07, 6.45) is -2.85. The first-order valence-corrected chi connectivity index (χ1v) is 17.5. The van der Waals surface area contributed by atoms with Crippen molar-refractivity contribution in [2.24, 2.45) is 0 Å². The zero-order valence-corrected chi connectivity index (χ0v) is 30.5. The highest BCUT2D eigenvalue weighted by Crippen LogP contribution is 2.43. The SMILES string of the molecule is CC(=O)NC(C)(C)c1ccc(-c2nc3n(CC(=O)Nc4ccc(C(F)(F)F)cc4Cl)c4c(c(=O)n3n2)C2(CCN(C(=O)c3ncccc3O)CC2)OC4)cc1. The van der Waals surface area contributed by atoms with Crippen LogP contribution in [-0.4, -0.2) is 65.0 Å². The number of ether oxygens (including phenoxy) is 1. The number of alkyl halides is 3. The molecule has 3 aromatic heterocycles. The number of rotatable bonds is 7. The molecule has 2 aliphatic rings. The fourth-order valence-corrected chi connectivity index (χ4v) is 7.35. The van der Waals surface area contributed by atoms with Crippen LogP contribution in [0.25, 0.3) is 17.2 Å². The van der Waals surface area contributed by atoms with Crippen LogP contribution in [0.4, 0.5) is 18.9 Å². The second kappa shape index (κ2) is 13.8. The predicted octanol–water partition coefficient (Wildman–Crippen LogP) is 5.00. The molecule has 3 amide bonds. The third-order valence-electron chi connectivity index (χ3n) is 9.87. The van der Waals surface area contributed by atoms with Crippen LogP contribution < -0.4 is 16.2 Å². The molecule has 286 valence electrons. The normalized spacial score (nSPS) is 15.3. The summed E-state index contributed by atoms with van der Waals surface area (Å²) in [7, 11) is 0. The minimum Gasteiger partial charge on any atom is -0.505 e. The van der Waals surface area contributed by atoms with Crippen LogP contribution in [0.5, 0.6) is 5.75 Å². The van der Waals surface area contributed by atoms with Gasteiger partial charge in [0.15, 0.2) is 11.5 Å². The molecule has 1 spiro atoms. The summed E-state index contributed by atoms with van der Waals surface area (Å²) in [6.45, 7) is 4.89. The number of nitrogens with one attached hydrogen (secondary N) is 2. The standard InChI is InChI=1S/C37H34ClF3N8O6/c1-20(50)45-35(2,3)22-8-6-21(7-9-22)31-44-34-48(18-28(52)43-25-11-10-23(17-24(25)38)37(39,40)41)26-19-55-36(29(26)32(53)49(34)46-31)12-15-47(16-13-36)33(54)30-27(51)5-4-14-42-30/h4-11,14,17,51H,12-13,15-16,18-19H2,1-3H3,(H,43,52)(H,45,50). The Hall–Kier alpha value is -5.81. The number of nitrogens with zero attached hydrogens (tertiary/aromatic N) is 6. The highest BCUT2D eigenvalue weighted by molar-refractivity contribution is 6.33. The maximum absolute atomic E-state index is 14.4. The lowest BCUT2D eigenvalue weighted by Gasteiger charge is -2.38. The number of aromatic nitrogens is 5. The lowest BCUT2D eigenvalue weighted by Crippen LogP contribution is -2.47. The van der Waals surface area contributed by atoms with Crippen molar-refractivity contribution < 1.29 is 37.4 Å². The first kappa shape index (κ1) is 37.5. The number of aromatic hydroxyl groups is 1. The largest absolute Gasteiger partial charge is 0.505 e. The highest BCUT2D eigenvalue weighted by Gasteiger charge is 2.48. The van der Waals surface area contributed by atoms with Gasteiger partial charge in [-0.25, -0.2) is 4.98 Å². The number of benzene rings is 2. The molecule has 3 N–H and O–H groups in total. The second-order valence-corrected chi connectivity index (χ2v) is 14.3. The molecule has 2 aromatic carbocycles. The van der Waals surface area contributed by atoms with Gasteiger partial charge in [0, 0.05) is 31.8 Å². The smallest absolute Gasteiger partial charge is 0.416 e.